The van der Waals surface area contributed by atoms with Gasteiger partial charge in [-0.15, -0.1) is 0 Å². The third-order valence-electron chi connectivity index (χ3n) is 5.01. The quantitative estimate of drug-likeness (QED) is 0.760. The van der Waals surface area contributed by atoms with Gasteiger partial charge in [0.15, 0.2) is 0 Å². The van der Waals surface area contributed by atoms with Crippen LogP contribution in [-0.4, -0.2) is 90.6 Å². The van der Waals surface area contributed by atoms with Gasteiger partial charge in [0.2, 0.25) is 11.8 Å². The minimum absolute atomic E-state index is 0.114. The van der Waals surface area contributed by atoms with Crippen molar-refractivity contribution < 1.29 is 14.3 Å². The minimum atomic E-state index is -0.309. The highest BCUT2D eigenvalue weighted by Gasteiger charge is 2.36. The van der Waals surface area contributed by atoms with Crippen molar-refractivity contribution >= 4 is 11.8 Å². The number of amides is 2. The Balaban J connectivity index is 2.03. The molecule has 0 radical (unpaired) electrons. The number of carbonyl (C=O) groups excluding carboxylic acids is 2. The van der Waals surface area contributed by atoms with Crippen LogP contribution in [0.4, 0.5) is 0 Å². The van der Waals surface area contributed by atoms with Crippen molar-refractivity contribution in [2.45, 2.75) is 52.4 Å². The fourth-order valence-corrected chi connectivity index (χ4v) is 4.06. The third kappa shape index (κ3) is 5.66. The monoisotopic (exact) mass is 354 g/mol. The van der Waals surface area contributed by atoms with Gasteiger partial charge < -0.3 is 15.4 Å². The van der Waals surface area contributed by atoms with Crippen LogP contribution in [0.1, 0.15) is 34.1 Å². The van der Waals surface area contributed by atoms with E-state index in [4.69, 9.17) is 10.5 Å². The number of hydrogen-bond donors (Lipinski definition) is 1. The largest absolute Gasteiger partial charge is 0.373 e. The molecule has 0 spiro atoms. The van der Waals surface area contributed by atoms with Crippen molar-refractivity contribution in [3.05, 3.63) is 0 Å². The fourth-order valence-electron chi connectivity index (χ4n) is 4.06. The number of ether oxygens (including phenoxy) is 1. The van der Waals surface area contributed by atoms with E-state index in [1.54, 1.807) is 0 Å². The Bertz CT molecular complexity index is 461. The molecule has 2 amide bonds. The lowest BCUT2D eigenvalue weighted by Crippen LogP contribution is -2.58. The molecule has 25 heavy (non-hydrogen) atoms. The van der Waals surface area contributed by atoms with E-state index in [2.05, 4.69) is 32.6 Å². The van der Waals surface area contributed by atoms with E-state index in [-0.39, 0.29) is 42.5 Å². The molecule has 2 aliphatic heterocycles. The summed E-state index contributed by atoms with van der Waals surface area (Å²) in [4.78, 5) is 30.7. The maximum Gasteiger partial charge on any atom is 0.240 e. The standard InChI is InChI=1S/C18H34N4O3/c1-13(2)17(22-10-14(3)25-15(4)11-22)18(24)21-7-5-6-20(8-9-21)12-16(19)23/h13-15,17H,5-12H2,1-4H3,(H2,19,23). The smallest absolute Gasteiger partial charge is 0.240 e. The van der Waals surface area contributed by atoms with E-state index in [1.165, 1.54) is 0 Å². The van der Waals surface area contributed by atoms with Gasteiger partial charge in [-0.25, -0.2) is 0 Å². The van der Waals surface area contributed by atoms with Gasteiger partial charge >= 0.3 is 0 Å². The Kier molecular flexibility index (Phi) is 7.22. The predicted octanol–water partition coefficient (Wildman–Crippen LogP) is 0.140. The van der Waals surface area contributed by atoms with E-state index in [0.29, 0.717) is 13.1 Å². The van der Waals surface area contributed by atoms with Gasteiger partial charge in [-0.2, -0.15) is 0 Å². The van der Waals surface area contributed by atoms with Crippen LogP contribution in [0.3, 0.4) is 0 Å². The Labute approximate surface area is 151 Å². The minimum Gasteiger partial charge on any atom is -0.373 e. The molecule has 3 atom stereocenters. The van der Waals surface area contributed by atoms with Crippen LogP contribution in [0.5, 0.6) is 0 Å². The number of nitrogens with two attached hydrogens (primary N) is 1. The molecular weight excluding hydrogens is 320 g/mol. The van der Waals surface area contributed by atoms with Crippen molar-refractivity contribution in [2.24, 2.45) is 11.7 Å². The summed E-state index contributed by atoms with van der Waals surface area (Å²) in [7, 11) is 0. The van der Waals surface area contributed by atoms with Crippen LogP contribution < -0.4 is 5.73 Å². The number of hydrogen-bond acceptors (Lipinski definition) is 5. The third-order valence-corrected chi connectivity index (χ3v) is 5.01. The Morgan fingerprint density at radius 3 is 2.28 bits per heavy atom. The van der Waals surface area contributed by atoms with Crippen molar-refractivity contribution in [1.82, 2.24) is 14.7 Å². The molecular formula is C18H34N4O3. The van der Waals surface area contributed by atoms with E-state index in [1.807, 2.05) is 9.80 Å². The zero-order valence-electron chi connectivity index (χ0n) is 16.1. The number of primary amides is 1. The molecule has 3 unspecified atom stereocenters. The Morgan fingerprint density at radius 2 is 1.72 bits per heavy atom. The first-order valence-electron chi connectivity index (χ1n) is 9.47. The summed E-state index contributed by atoms with van der Waals surface area (Å²) < 4.78 is 5.83. The van der Waals surface area contributed by atoms with Crippen LogP contribution in [0.2, 0.25) is 0 Å². The Hall–Kier alpha value is -1.18. The second-order valence-corrected chi connectivity index (χ2v) is 7.82. The molecule has 2 saturated heterocycles. The average molecular weight is 354 g/mol. The van der Waals surface area contributed by atoms with Gasteiger partial charge in [0, 0.05) is 39.3 Å². The Morgan fingerprint density at radius 1 is 1.08 bits per heavy atom. The number of rotatable bonds is 5. The molecule has 144 valence electrons. The first-order valence-corrected chi connectivity index (χ1v) is 9.47. The van der Waals surface area contributed by atoms with Gasteiger partial charge in [0.1, 0.15) is 0 Å². The van der Waals surface area contributed by atoms with Crippen LogP contribution in [-0.2, 0) is 14.3 Å². The molecule has 0 bridgehead atoms. The van der Waals surface area contributed by atoms with E-state index in [0.717, 1.165) is 32.6 Å². The van der Waals surface area contributed by atoms with E-state index < -0.39 is 0 Å². The molecule has 0 aliphatic carbocycles. The molecule has 2 N–H and O–H groups in total. The molecule has 7 nitrogen and oxygen atoms in total. The number of carbonyl (C=O) groups is 2. The van der Waals surface area contributed by atoms with Gasteiger partial charge in [-0.05, 0) is 26.2 Å². The van der Waals surface area contributed by atoms with Crippen LogP contribution >= 0.6 is 0 Å². The summed E-state index contributed by atoms with van der Waals surface area (Å²) in [6.07, 6.45) is 1.17. The van der Waals surface area contributed by atoms with E-state index in [9.17, 15) is 9.59 Å². The molecule has 0 aromatic carbocycles. The highest BCUT2D eigenvalue weighted by molar-refractivity contribution is 5.82. The fraction of sp³-hybridized carbons (Fsp3) is 0.889. The summed E-state index contributed by atoms with van der Waals surface area (Å²) in [5, 5.41) is 0. The molecule has 0 saturated carbocycles. The lowest BCUT2D eigenvalue weighted by atomic mass is 9.99. The molecule has 7 heteroatoms. The van der Waals surface area contributed by atoms with Gasteiger partial charge in [-0.1, -0.05) is 13.8 Å². The maximum atomic E-state index is 13.3. The lowest BCUT2D eigenvalue weighted by molar-refractivity contribution is -0.145. The summed E-state index contributed by atoms with van der Waals surface area (Å²) >= 11 is 0. The predicted molar refractivity (Wildman–Crippen MR) is 97.0 cm³/mol. The van der Waals surface area contributed by atoms with Gasteiger partial charge in [0.25, 0.3) is 0 Å². The zero-order valence-corrected chi connectivity index (χ0v) is 16.1. The van der Waals surface area contributed by atoms with Gasteiger partial charge in [0.05, 0.1) is 24.8 Å². The van der Waals surface area contributed by atoms with Crippen molar-refractivity contribution in [3.63, 3.8) is 0 Å². The number of morpholine rings is 1. The molecule has 2 fully saturated rings. The molecule has 0 aromatic heterocycles. The second-order valence-electron chi connectivity index (χ2n) is 7.82. The van der Waals surface area contributed by atoms with Crippen molar-refractivity contribution in [1.29, 1.82) is 0 Å². The average Bonchev–Trinajstić information content (AvgIpc) is 2.70. The van der Waals surface area contributed by atoms with E-state index >= 15 is 0 Å². The zero-order chi connectivity index (χ0) is 18.6. The highest BCUT2D eigenvalue weighted by Crippen LogP contribution is 2.21. The lowest BCUT2D eigenvalue weighted by Gasteiger charge is -2.42. The normalized spacial score (nSPS) is 28.0. The molecule has 0 aromatic rings. The van der Waals surface area contributed by atoms with Crippen LogP contribution in [0, 0.1) is 5.92 Å². The SMILES string of the molecule is CC1CN(C(C(=O)N2CCCN(CC(N)=O)CC2)C(C)C)CC(C)O1. The topological polar surface area (TPSA) is 79.1 Å². The summed E-state index contributed by atoms with van der Waals surface area (Å²) in [5.74, 6) is 0.142. The first kappa shape index (κ1) is 20.1. The van der Waals surface area contributed by atoms with Gasteiger partial charge in [-0.3, -0.25) is 19.4 Å². The van der Waals surface area contributed by atoms with Crippen LogP contribution in [0.25, 0.3) is 0 Å². The molecule has 2 heterocycles. The molecule has 2 rings (SSSR count). The second kappa shape index (κ2) is 8.96. The van der Waals surface area contributed by atoms with Crippen LogP contribution in [0.15, 0.2) is 0 Å². The first-order chi connectivity index (χ1) is 11.8. The summed E-state index contributed by atoms with van der Waals surface area (Å²) in [6.45, 7) is 13.1. The van der Waals surface area contributed by atoms with Crippen molar-refractivity contribution in [3.8, 4) is 0 Å². The number of nitrogens with zero attached hydrogens (tertiary/aromatic N) is 3. The highest BCUT2D eigenvalue weighted by atomic mass is 16.5. The van der Waals surface area contributed by atoms with Crippen molar-refractivity contribution in [2.75, 3.05) is 45.8 Å². The summed E-state index contributed by atoms with van der Waals surface area (Å²) in [6, 6.07) is -0.114. The summed E-state index contributed by atoms with van der Waals surface area (Å²) in [5.41, 5.74) is 5.30. The molecule has 2 aliphatic rings. The maximum absolute atomic E-state index is 13.3.